The van der Waals surface area contributed by atoms with E-state index in [1.807, 2.05) is 12.1 Å². The van der Waals surface area contributed by atoms with Crippen LogP contribution in [0.2, 0.25) is 5.02 Å². The van der Waals surface area contributed by atoms with Crippen molar-refractivity contribution in [2.75, 3.05) is 53.7 Å². The monoisotopic (exact) mass is 644 g/mol. The fourth-order valence-electron chi connectivity index (χ4n) is 5.89. The Morgan fingerprint density at radius 3 is 2.47 bits per heavy atom. The predicted molar refractivity (Wildman–Crippen MR) is 160 cm³/mol. The van der Waals surface area contributed by atoms with Crippen LogP contribution in [0.3, 0.4) is 0 Å². The number of ether oxygens (including phenoxy) is 4. The Balaban J connectivity index is 1.29. The average Bonchev–Trinajstić information content (AvgIpc) is 3.41. The van der Waals surface area contributed by atoms with Gasteiger partial charge in [-0.15, -0.1) is 0 Å². The normalized spacial score (nSPS) is 17.3. The Morgan fingerprint density at radius 1 is 1.00 bits per heavy atom. The molecule has 0 bridgehead atoms. The van der Waals surface area contributed by atoms with Crippen molar-refractivity contribution < 1.29 is 36.9 Å². The van der Waals surface area contributed by atoms with Crippen molar-refractivity contribution in [1.29, 1.82) is 0 Å². The highest BCUT2D eigenvalue weighted by Gasteiger charge is 2.37. The minimum absolute atomic E-state index is 0.148. The van der Waals surface area contributed by atoms with E-state index in [1.165, 1.54) is 20.4 Å². The minimum atomic E-state index is -4.52. The van der Waals surface area contributed by atoms with E-state index in [9.17, 15) is 18.0 Å². The van der Waals surface area contributed by atoms with Gasteiger partial charge in [-0.3, -0.25) is 9.69 Å². The summed E-state index contributed by atoms with van der Waals surface area (Å²) in [5.41, 5.74) is 2.26. The van der Waals surface area contributed by atoms with Gasteiger partial charge >= 0.3 is 6.18 Å². The summed E-state index contributed by atoms with van der Waals surface area (Å²) in [7, 11) is 3.03. The smallest absolute Gasteiger partial charge is 0.416 e. The molecular weight excluding hydrogens is 613 g/mol. The van der Waals surface area contributed by atoms with Crippen molar-refractivity contribution >= 4 is 23.2 Å². The largest absolute Gasteiger partial charge is 0.493 e. The fraction of sp³-hybridized carbons (Fsp3) is 0.375. The van der Waals surface area contributed by atoms with Gasteiger partial charge in [-0.25, -0.2) is 4.98 Å². The second-order valence-corrected chi connectivity index (χ2v) is 11.3. The maximum Gasteiger partial charge on any atom is 0.416 e. The molecule has 1 amide bonds. The number of carbonyl (C=O) groups excluding carboxylic acids is 1. The van der Waals surface area contributed by atoms with Crippen molar-refractivity contribution in [3.8, 4) is 17.2 Å². The number of benzene rings is 2. The van der Waals surface area contributed by atoms with Gasteiger partial charge in [-0.2, -0.15) is 13.2 Å². The summed E-state index contributed by atoms with van der Waals surface area (Å²) in [4.78, 5) is 22.3. The van der Waals surface area contributed by atoms with E-state index < -0.39 is 17.8 Å². The Kier molecular flexibility index (Phi) is 8.80. The predicted octanol–water partition coefficient (Wildman–Crippen LogP) is 5.41. The molecule has 1 saturated heterocycles. The van der Waals surface area contributed by atoms with Gasteiger partial charge in [-0.1, -0.05) is 23.7 Å². The zero-order valence-corrected chi connectivity index (χ0v) is 25.5. The molecule has 4 aromatic rings. The second-order valence-electron chi connectivity index (χ2n) is 10.9. The topological polar surface area (TPSA) is 77.8 Å². The number of aromatic nitrogens is 2. The van der Waals surface area contributed by atoms with E-state index in [0.717, 1.165) is 37.3 Å². The summed E-state index contributed by atoms with van der Waals surface area (Å²) >= 11 is 6.55. The molecule has 0 N–H and O–H groups in total. The molecule has 0 saturated carbocycles. The summed E-state index contributed by atoms with van der Waals surface area (Å²) < 4.78 is 64.4. The highest BCUT2D eigenvalue weighted by Crippen LogP contribution is 2.40. The summed E-state index contributed by atoms with van der Waals surface area (Å²) in [6, 6.07) is 12.1. The van der Waals surface area contributed by atoms with E-state index in [4.69, 9.17) is 30.5 Å². The molecule has 2 aliphatic rings. The number of rotatable bonds is 8. The van der Waals surface area contributed by atoms with Gasteiger partial charge in [0.05, 0.1) is 55.4 Å². The summed E-state index contributed by atoms with van der Waals surface area (Å²) in [6.45, 7) is 3.80. The average molecular weight is 645 g/mol. The quantitative estimate of drug-likeness (QED) is 0.254. The molecular formula is C32H32ClF3N4O5. The molecule has 9 nitrogen and oxygen atoms in total. The molecule has 1 fully saturated rings. The number of amides is 1. The number of morpholine rings is 1. The number of methoxy groups -OCH3 is 2. The number of hydrogen-bond acceptors (Lipinski definition) is 7. The van der Waals surface area contributed by atoms with E-state index in [0.29, 0.717) is 58.9 Å². The Hall–Kier alpha value is -4.00. The Labute approximate surface area is 263 Å². The standard InChI is InChI=1S/C32H32ClF3N4O5/c1-42-26-6-4-21(16-27(26)43-2)30-31-24(37-28-17-22(32(34,35)36)7-9-39(28)31)8-10-40(30)29(41)19-45-25-5-3-20(15-23(25)33)18-38-11-13-44-14-12-38/h3-7,9,15-17,30H,8,10-14,18-19H2,1-2H3. The molecule has 1 atom stereocenters. The van der Waals surface area contributed by atoms with Crippen LogP contribution in [0.4, 0.5) is 13.2 Å². The van der Waals surface area contributed by atoms with Crippen LogP contribution in [0.5, 0.6) is 17.2 Å². The van der Waals surface area contributed by atoms with Crippen molar-refractivity contribution in [2.45, 2.75) is 25.2 Å². The number of carbonyl (C=O) groups is 1. The number of alkyl halides is 3. The van der Waals surface area contributed by atoms with Gasteiger partial charge < -0.3 is 28.2 Å². The number of pyridine rings is 1. The van der Waals surface area contributed by atoms with Crippen LogP contribution in [-0.2, 0) is 28.7 Å². The zero-order chi connectivity index (χ0) is 31.7. The van der Waals surface area contributed by atoms with Crippen LogP contribution >= 0.6 is 11.6 Å². The van der Waals surface area contributed by atoms with Crippen LogP contribution in [0, 0.1) is 0 Å². The SMILES string of the molecule is COc1ccc(C2c3c(nc4cc(C(F)(F)F)ccn34)CCN2C(=O)COc2ccc(CN3CCOCC3)cc2Cl)cc1OC. The third kappa shape index (κ3) is 6.40. The van der Waals surface area contributed by atoms with Gasteiger partial charge in [0.2, 0.25) is 0 Å². The van der Waals surface area contributed by atoms with E-state index >= 15 is 0 Å². The second kappa shape index (κ2) is 12.8. The van der Waals surface area contributed by atoms with Gasteiger partial charge in [0.15, 0.2) is 18.1 Å². The van der Waals surface area contributed by atoms with Crippen LogP contribution in [-0.4, -0.2) is 78.8 Å². The number of hydrogen-bond donors (Lipinski definition) is 0. The lowest BCUT2D eigenvalue weighted by Gasteiger charge is -2.36. The summed E-state index contributed by atoms with van der Waals surface area (Å²) in [5.74, 6) is 1.00. The fourth-order valence-corrected chi connectivity index (χ4v) is 6.15. The Bertz CT molecular complexity index is 1710. The third-order valence-electron chi connectivity index (χ3n) is 8.13. The van der Waals surface area contributed by atoms with Crippen molar-refractivity contribution in [2.24, 2.45) is 0 Å². The van der Waals surface area contributed by atoms with Crippen LogP contribution in [0.25, 0.3) is 5.65 Å². The molecule has 0 aliphatic carbocycles. The van der Waals surface area contributed by atoms with Crippen LogP contribution in [0.1, 0.15) is 34.1 Å². The highest BCUT2D eigenvalue weighted by atomic mass is 35.5. The highest BCUT2D eigenvalue weighted by molar-refractivity contribution is 6.32. The lowest BCUT2D eigenvalue weighted by molar-refractivity contribution is -0.137. The molecule has 2 aromatic heterocycles. The molecule has 4 heterocycles. The molecule has 0 radical (unpaired) electrons. The maximum absolute atomic E-state index is 13.8. The Morgan fingerprint density at radius 2 is 1.76 bits per heavy atom. The summed E-state index contributed by atoms with van der Waals surface area (Å²) in [5, 5.41) is 0.396. The van der Waals surface area contributed by atoms with Crippen molar-refractivity contribution in [3.05, 3.63) is 87.8 Å². The van der Waals surface area contributed by atoms with Gasteiger partial charge in [-0.05, 0) is 47.5 Å². The first-order valence-electron chi connectivity index (χ1n) is 14.5. The molecule has 13 heteroatoms. The van der Waals surface area contributed by atoms with Gasteiger partial charge in [0, 0.05) is 38.8 Å². The summed E-state index contributed by atoms with van der Waals surface area (Å²) in [6.07, 6.45) is -2.82. The van der Waals surface area contributed by atoms with Gasteiger partial charge in [0.1, 0.15) is 11.4 Å². The molecule has 45 heavy (non-hydrogen) atoms. The third-order valence-corrected chi connectivity index (χ3v) is 8.42. The van der Waals surface area contributed by atoms with E-state index in [1.54, 1.807) is 33.6 Å². The van der Waals surface area contributed by atoms with Crippen LogP contribution < -0.4 is 14.2 Å². The van der Waals surface area contributed by atoms with E-state index in [-0.39, 0.29) is 24.7 Å². The zero-order valence-electron chi connectivity index (χ0n) is 24.8. The first kappa shape index (κ1) is 31.0. The molecule has 6 rings (SSSR count). The number of imidazole rings is 1. The lowest BCUT2D eigenvalue weighted by atomic mass is 9.95. The first-order valence-corrected chi connectivity index (χ1v) is 14.8. The molecule has 2 aliphatic heterocycles. The van der Waals surface area contributed by atoms with E-state index in [2.05, 4.69) is 9.88 Å². The van der Waals surface area contributed by atoms with Crippen molar-refractivity contribution in [3.63, 3.8) is 0 Å². The number of nitrogens with zero attached hydrogens (tertiary/aromatic N) is 4. The first-order chi connectivity index (χ1) is 21.7. The molecule has 0 spiro atoms. The maximum atomic E-state index is 13.8. The van der Waals surface area contributed by atoms with Crippen molar-refractivity contribution in [1.82, 2.24) is 19.2 Å². The van der Waals surface area contributed by atoms with Gasteiger partial charge in [0.25, 0.3) is 5.91 Å². The molecule has 1 unspecified atom stereocenters. The minimum Gasteiger partial charge on any atom is -0.493 e. The number of halogens is 4. The molecule has 238 valence electrons. The lowest BCUT2D eigenvalue weighted by Crippen LogP contribution is -2.43. The number of fused-ring (bicyclic) bond motifs is 3. The van der Waals surface area contributed by atoms with Crippen LogP contribution in [0.15, 0.2) is 54.7 Å². The molecule has 2 aromatic carbocycles.